The van der Waals surface area contributed by atoms with Crippen LogP contribution in [0.3, 0.4) is 0 Å². The van der Waals surface area contributed by atoms with Crippen LogP contribution in [0.2, 0.25) is 5.02 Å². The highest BCUT2D eigenvalue weighted by Crippen LogP contribution is 2.41. The fourth-order valence-electron chi connectivity index (χ4n) is 2.65. The Bertz CT molecular complexity index is 673. The standard InChI is InChI=1S/C17H14ClF2NO/c18-14-8-6-12(7-9-14)15-10-17(22-21-15,11-16(19)20)13-4-2-1-3-5-13/h1-9,16H,10-11H2. The van der Waals surface area contributed by atoms with E-state index < -0.39 is 18.4 Å². The van der Waals surface area contributed by atoms with Crippen LogP contribution in [0.1, 0.15) is 24.0 Å². The van der Waals surface area contributed by atoms with E-state index in [2.05, 4.69) is 5.16 Å². The van der Waals surface area contributed by atoms with Crippen molar-refractivity contribution < 1.29 is 13.6 Å². The summed E-state index contributed by atoms with van der Waals surface area (Å²) >= 11 is 5.87. The molecule has 5 heteroatoms. The number of halogens is 3. The van der Waals surface area contributed by atoms with Crippen LogP contribution in [0.5, 0.6) is 0 Å². The summed E-state index contributed by atoms with van der Waals surface area (Å²) in [5.41, 5.74) is 1.09. The molecule has 0 fully saturated rings. The van der Waals surface area contributed by atoms with Gasteiger partial charge in [0.2, 0.25) is 6.43 Å². The van der Waals surface area contributed by atoms with Gasteiger partial charge in [-0.15, -0.1) is 0 Å². The summed E-state index contributed by atoms with van der Waals surface area (Å²) in [5.74, 6) is 0. The SMILES string of the molecule is FC(F)CC1(c2ccccc2)CC(c2ccc(Cl)cc2)=NO1. The minimum absolute atomic E-state index is 0.309. The Morgan fingerprint density at radius 3 is 2.41 bits per heavy atom. The zero-order valence-electron chi connectivity index (χ0n) is 11.7. The number of rotatable bonds is 4. The van der Waals surface area contributed by atoms with Gasteiger partial charge in [0, 0.05) is 11.4 Å². The Balaban J connectivity index is 1.90. The van der Waals surface area contributed by atoms with E-state index >= 15 is 0 Å². The Morgan fingerprint density at radius 1 is 1.09 bits per heavy atom. The largest absolute Gasteiger partial charge is 0.383 e. The lowest BCUT2D eigenvalue weighted by Crippen LogP contribution is -2.29. The third-order valence-electron chi connectivity index (χ3n) is 3.74. The topological polar surface area (TPSA) is 21.6 Å². The number of hydrogen-bond acceptors (Lipinski definition) is 2. The third kappa shape index (κ3) is 2.97. The van der Waals surface area contributed by atoms with Crippen LogP contribution in [-0.2, 0) is 10.4 Å². The molecule has 0 amide bonds. The van der Waals surface area contributed by atoms with E-state index in [0.29, 0.717) is 22.7 Å². The summed E-state index contributed by atoms with van der Waals surface area (Å²) in [6, 6.07) is 16.2. The van der Waals surface area contributed by atoms with E-state index in [1.165, 1.54) is 0 Å². The normalized spacial score (nSPS) is 20.8. The van der Waals surface area contributed by atoms with E-state index in [1.807, 2.05) is 30.3 Å². The number of oxime groups is 1. The number of nitrogens with zero attached hydrogens (tertiary/aromatic N) is 1. The predicted molar refractivity (Wildman–Crippen MR) is 82.4 cm³/mol. The van der Waals surface area contributed by atoms with E-state index in [0.717, 1.165) is 5.56 Å². The summed E-state index contributed by atoms with van der Waals surface area (Å²) in [7, 11) is 0. The van der Waals surface area contributed by atoms with Gasteiger partial charge in [-0.1, -0.05) is 59.2 Å². The zero-order chi connectivity index (χ0) is 15.6. The Morgan fingerprint density at radius 2 is 1.77 bits per heavy atom. The molecule has 114 valence electrons. The van der Waals surface area contributed by atoms with Crippen LogP contribution in [0.25, 0.3) is 0 Å². The van der Waals surface area contributed by atoms with Crippen LogP contribution in [0, 0.1) is 0 Å². The number of hydrogen-bond donors (Lipinski definition) is 0. The van der Waals surface area contributed by atoms with Gasteiger partial charge in [0.1, 0.15) is 0 Å². The van der Waals surface area contributed by atoms with Gasteiger partial charge in [0.15, 0.2) is 5.60 Å². The molecular formula is C17H14ClF2NO. The van der Waals surface area contributed by atoms with Gasteiger partial charge in [-0.3, -0.25) is 0 Å². The third-order valence-corrected chi connectivity index (χ3v) is 4.00. The van der Waals surface area contributed by atoms with Crippen molar-refractivity contribution in [2.75, 3.05) is 0 Å². The molecule has 1 heterocycles. The van der Waals surface area contributed by atoms with Crippen molar-refractivity contribution in [3.63, 3.8) is 0 Å². The van der Waals surface area contributed by atoms with E-state index in [9.17, 15) is 8.78 Å². The smallest absolute Gasteiger partial charge is 0.242 e. The van der Waals surface area contributed by atoms with Crippen molar-refractivity contribution in [3.05, 3.63) is 70.7 Å². The van der Waals surface area contributed by atoms with Gasteiger partial charge >= 0.3 is 0 Å². The Hall–Kier alpha value is -1.94. The van der Waals surface area contributed by atoms with Gasteiger partial charge in [-0.25, -0.2) is 8.78 Å². The minimum Gasteiger partial charge on any atom is -0.383 e. The molecule has 3 rings (SSSR count). The molecule has 2 nitrogen and oxygen atoms in total. The number of alkyl halides is 2. The second-order valence-corrected chi connectivity index (χ2v) is 5.70. The van der Waals surface area contributed by atoms with Gasteiger partial charge in [0.05, 0.1) is 12.1 Å². The molecule has 0 radical (unpaired) electrons. The fraction of sp³-hybridized carbons (Fsp3) is 0.235. The maximum absolute atomic E-state index is 13.1. The molecule has 22 heavy (non-hydrogen) atoms. The van der Waals surface area contributed by atoms with Crippen LogP contribution in [-0.4, -0.2) is 12.1 Å². The van der Waals surface area contributed by atoms with Crippen molar-refractivity contribution in [1.82, 2.24) is 0 Å². The average Bonchev–Trinajstić information content (AvgIpc) is 2.93. The quantitative estimate of drug-likeness (QED) is 0.775. The molecule has 0 saturated carbocycles. The van der Waals surface area contributed by atoms with Crippen molar-refractivity contribution in [3.8, 4) is 0 Å². The highest BCUT2D eigenvalue weighted by molar-refractivity contribution is 6.30. The molecule has 1 atom stereocenters. The van der Waals surface area contributed by atoms with Crippen LogP contribution in [0.4, 0.5) is 8.78 Å². The summed E-state index contributed by atoms with van der Waals surface area (Å²) in [6.07, 6.45) is -2.55. The monoisotopic (exact) mass is 321 g/mol. The molecule has 2 aromatic rings. The molecule has 1 unspecified atom stereocenters. The average molecular weight is 322 g/mol. The molecule has 0 saturated heterocycles. The molecule has 0 spiro atoms. The summed E-state index contributed by atoms with van der Waals surface area (Å²) in [5, 5.41) is 4.67. The number of benzene rings is 2. The molecule has 0 aliphatic carbocycles. The maximum Gasteiger partial charge on any atom is 0.242 e. The van der Waals surface area contributed by atoms with E-state index in [1.54, 1.807) is 24.3 Å². The predicted octanol–water partition coefficient (Wildman–Crippen LogP) is 5.02. The molecule has 0 N–H and O–H groups in total. The first-order valence-electron chi connectivity index (χ1n) is 6.94. The van der Waals surface area contributed by atoms with Crippen LogP contribution < -0.4 is 0 Å². The molecular weight excluding hydrogens is 308 g/mol. The lowest BCUT2D eigenvalue weighted by Gasteiger charge is -2.26. The van der Waals surface area contributed by atoms with Gasteiger partial charge in [-0.2, -0.15) is 0 Å². The first-order chi connectivity index (χ1) is 10.6. The second kappa shape index (κ2) is 6.05. The Kier molecular flexibility index (Phi) is 4.12. The molecule has 2 aromatic carbocycles. The zero-order valence-corrected chi connectivity index (χ0v) is 12.4. The van der Waals surface area contributed by atoms with Gasteiger partial charge in [0.25, 0.3) is 0 Å². The fourth-order valence-corrected chi connectivity index (χ4v) is 2.77. The minimum atomic E-state index is -2.47. The van der Waals surface area contributed by atoms with Crippen molar-refractivity contribution in [2.45, 2.75) is 24.9 Å². The van der Waals surface area contributed by atoms with Crippen LogP contribution in [0.15, 0.2) is 59.8 Å². The van der Waals surface area contributed by atoms with E-state index in [4.69, 9.17) is 16.4 Å². The molecule has 1 aliphatic heterocycles. The Labute approximate surface area is 132 Å². The second-order valence-electron chi connectivity index (χ2n) is 5.27. The lowest BCUT2D eigenvalue weighted by atomic mass is 9.85. The van der Waals surface area contributed by atoms with Gasteiger partial charge in [-0.05, 0) is 23.3 Å². The highest BCUT2D eigenvalue weighted by atomic mass is 35.5. The molecule has 0 bridgehead atoms. The van der Waals surface area contributed by atoms with Crippen LogP contribution >= 0.6 is 11.6 Å². The summed E-state index contributed by atoms with van der Waals surface area (Å²) in [6.45, 7) is 0. The van der Waals surface area contributed by atoms with Crippen molar-refractivity contribution >= 4 is 17.3 Å². The summed E-state index contributed by atoms with van der Waals surface area (Å²) < 4.78 is 26.1. The lowest BCUT2D eigenvalue weighted by molar-refractivity contribution is -0.0650. The van der Waals surface area contributed by atoms with Crippen molar-refractivity contribution in [2.24, 2.45) is 5.16 Å². The molecule has 1 aliphatic rings. The maximum atomic E-state index is 13.1. The van der Waals surface area contributed by atoms with Crippen molar-refractivity contribution in [1.29, 1.82) is 0 Å². The summed E-state index contributed by atoms with van der Waals surface area (Å²) in [4.78, 5) is 5.51. The highest BCUT2D eigenvalue weighted by Gasteiger charge is 2.43. The van der Waals surface area contributed by atoms with Gasteiger partial charge < -0.3 is 4.84 Å². The first-order valence-corrected chi connectivity index (χ1v) is 7.31. The molecule has 0 aromatic heterocycles. The van der Waals surface area contributed by atoms with E-state index in [-0.39, 0.29) is 0 Å². The first kappa shape index (κ1) is 15.0.